The van der Waals surface area contributed by atoms with Crippen molar-refractivity contribution < 1.29 is 19.1 Å². The maximum Gasteiger partial charge on any atom is 0.357 e. The summed E-state index contributed by atoms with van der Waals surface area (Å²) in [6, 6.07) is -0.195. The lowest BCUT2D eigenvalue weighted by Crippen LogP contribution is -2.49. The number of carbonyl (C=O) groups is 2. The minimum atomic E-state index is -0.481. The second-order valence-electron chi connectivity index (χ2n) is 5.71. The second-order valence-corrected chi connectivity index (χ2v) is 6.66. The fraction of sp³-hybridized carbons (Fsp3) is 0.643. The summed E-state index contributed by atoms with van der Waals surface area (Å²) in [5.74, 6) is -0.481. The Morgan fingerprint density at radius 3 is 2.59 bits per heavy atom. The van der Waals surface area contributed by atoms with Crippen LogP contribution in [-0.2, 0) is 16.0 Å². The van der Waals surface area contributed by atoms with E-state index in [4.69, 9.17) is 4.74 Å². The van der Waals surface area contributed by atoms with Gasteiger partial charge in [-0.1, -0.05) is 0 Å². The number of esters is 1. The fourth-order valence-electron chi connectivity index (χ4n) is 1.60. The monoisotopic (exact) mass is 329 g/mol. The zero-order valence-corrected chi connectivity index (χ0v) is 14.5. The van der Waals surface area contributed by atoms with E-state index in [-0.39, 0.29) is 17.3 Å². The molecule has 0 aromatic carbocycles. The number of hydrogen-bond acceptors (Lipinski definition) is 6. The molecule has 1 heterocycles. The number of thiazole rings is 1. The second kappa shape index (κ2) is 8.09. The standard InChI is InChI=1S/C14H23N3O4S/c1-14(2,3)16-13(19)17(6-7-20-4)8-11-15-10(9-22-11)12(18)21-5/h9H,6-8H2,1-5H3,(H,16,19). The average Bonchev–Trinajstić information content (AvgIpc) is 2.89. The summed E-state index contributed by atoms with van der Waals surface area (Å²) in [5, 5.41) is 5.20. The molecule has 124 valence electrons. The Balaban J connectivity index is 2.78. The molecule has 1 rings (SSSR count). The highest BCUT2D eigenvalue weighted by Crippen LogP contribution is 2.14. The molecule has 0 aliphatic carbocycles. The number of ether oxygens (including phenoxy) is 2. The van der Waals surface area contributed by atoms with Crippen LogP contribution in [-0.4, -0.2) is 54.8 Å². The van der Waals surface area contributed by atoms with Gasteiger partial charge in [-0.2, -0.15) is 0 Å². The predicted octanol–water partition coefficient (Wildman–Crippen LogP) is 1.89. The highest BCUT2D eigenvalue weighted by Gasteiger charge is 2.21. The number of urea groups is 1. The molecule has 1 aromatic rings. The van der Waals surface area contributed by atoms with Crippen LogP contribution in [0.2, 0.25) is 0 Å². The number of carbonyl (C=O) groups excluding carboxylic acids is 2. The van der Waals surface area contributed by atoms with Crippen LogP contribution in [0.5, 0.6) is 0 Å². The van der Waals surface area contributed by atoms with E-state index >= 15 is 0 Å². The Labute approximate surface area is 134 Å². The quantitative estimate of drug-likeness (QED) is 0.806. The first kappa shape index (κ1) is 18.4. The van der Waals surface area contributed by atoms with Crippen LogP contribution in [0, 0.1) is 0 Å². The number of rotatable bonds is 6. The molecule has 22 heavy (non-hydrogen) atoms. The van der Waals surface area contributed by atoms with Gasteiger partial charge in [-0.15, -0.1) is 11.3 Å². The van der Waals surface area contributed by atoms with Crippen molar-refractivity contribution in [2.24, 2.45) is 0 Å². The van der Waals surface area contributed by atoms with E-state index in [1.54, 1.807) is 17.4 Å². The highest BCUT2D eigenvalue weighted by molar-refractivity contribution is 7.09. The van der Waals surface area contributed by atoms with Gasteiger partial charge in [0.2, 0.25) is 0 Å². The lowest BCUT2D eigenvalue weighted by Gasteiger charge is -2.27. The highest BCUT2D eigenvalue weighted by atomic mass is 32.1. The molecule has 0 unspecified atom stereocenters. The van der Waals surface area contributed by atoms with Crippen LogP contribution in [0.15, 0.2) is 5.38 Å². The number of amides is 2. The smallest absolute Gasteiger partial charge is 0.357 e. The van der Waals surface area contributed by atoms with Gasteiger partial charge in [0.25, 0.3) is 0 Å². The van der Waals surface area contributed by atoms with Gasteiger partial charge in [0.05, 0.1) is 20.3 Å². The van der Waals surface area contributed by atoms with Crippen LogP contribution in [0.25, 0.3) is 0 Å². The third-order valence-electron chi connectivity index (χ3n) is 2.61. The van der Waals surface area contributed by atoms with E-state index in [0.29, 0.717) is 24.7 Å². The molecular formula is C14H23N3O4S. The summed E-state index contributed by atoms with van der Waals surface area (Å²) in [6.07, 6.45) is 0. The molecule has 1 N–H and O–H groups in total. The van der Waals surface area contributed by atoms with Gasteiger partial charge in [-0.25, -0.2) is 14.6 Å². The fourth-order valence-corrected chi connectivity index (χ4v) is 2.38. The molecule has 0 radical (unpaired) electrons. The van der Waals surface area contributed by atoms with Crippen molar-refractivity contribution in [3.05, 3.63) is 16.1 Å². The van der Waals surface area contributed by atoms with Crippen molar-refractivity contribution in [3.63, 3.8) is 0 Å². The van der Waals surface area contributed by atoms with Crippen LogP contribution < -0.4 is 5.32 Å². The summed E-state index contributed by atoms with van der Waals surface area (Å²) in [5.41, 5.74) is -0.0759. The molecule has 0 bridgehead atoms. The van der Waals surface area contributed by atoms with Crippen LogP contribution in [0.3, 0.4) is 0 Å². The number of aromatic nitrogens is 1. The Hall–Kier alpha value is -1.67. The zero-order valence-electron chi connectivity index (χ0n) is 13.6. The average molecular weight is 329 g/mol. The molecule has 0 atom stereocenters. The summed E-state index contributed by atoms with van der Waals surface area (Å²) >= 11 is 1.32. The number of methoxy groups -OCH3 is 2. The lowest BCUT2D eigenvalue weighted by atomic mass is 10.1. The lowest BCUT2D eigenvalue weighted by molar-refractivity contribution is 0.0594. The molecular weight excluding hydrogens is 306 g/mol. The van der Waals surface area contributed by atoms with Crippen LogP contribution in [0.4, 0.5) is 4.79 Å². The largest absolute Gasteiger partial charge is 0.464 e. The Morgan fingerprint density at radius 1 is 1.36 bits per heavy atom. The van der Waals surface area contributed by atoms with Gasteiger partial charge in [-0.3, -0.25) is 0 Å². The first-order chi connectivity index (χ1) is 10.3. The third kappa shape index (κ3) is 5.98. The third-order valence-corrected chi connectivity index (χ3v) is 3.44. The van der Waals surface area contributed by atoms with Crippen molar-refractivity contribution >= 4 is 23.3 Å². The van der Waals surface area contributed by atoms with Gasteiger partial charge < -0.3 is 19.7 Å². The Kier molecular flexibility index (Phi) is 6.76. The molecule has 0 saturated heterocycles. The van der Waals surface area contributed by atoms with Crippen molar-refractivity contribution in [3.8, 4) is 0 Å². The summed E-state index contributed by atoms with van der Waals surface area (Å²) in [6.45, 7) is 6.92. The number of nitrogens with one attached hydrogen (secondary N) is 1. The van der Waals surface area contributed by atoms with Gasteiger partial charge in [0.15, 0.2) is 5.69 Å². The van der Waals surface area contributed by atoms with E-state index < -0.39 is 5.97 Å². The summed E-state index contributed by atoms with van der Waals surface area (Å²) in [7, 11) is 2.89. The van der Waals surface area contributed by atoms with E-state index in [9.17, 15) is 9.59 Å². The van der Waals surface area contributed by atoms with E-state index in [1.807, 2.05) is 20.8 Å². The molecule has 0 saturated carbocycles. The topological polar surface area (TPSA) is 80.8 Å². The van der Waals surface area contributed by atoms with Crippen molar-refractivity contribution in [1.29, 1.82) is 0 Å². The van der Waals surface area contributed by atoms with E-state index in [1.165, 1.54) is 18.4 Å². The summed E-state index contributed by atoms with van der Waals surface area (Å²) in [4.78, 5) is 29.5. The molecule has 2 amide bonds. The van der Waals surface area contributed by atoms with Crippen LogP contribution in [0.1, 0.15) is 36.3 Å². The SMILES string of the molecule is COCCN(Cc1nc(C(=O)OC)cs1)C(=O)NC(C)(C)C. The minimum Gasteiger partial charge on any atom is -0.464 e. The maximum absolute atomic E-state index is 12.3. The maximum atomic E-state index is 12.3. The first-order valence-electron chi connectivity index (χ1n) is 6.85. The molecule has 0 aliphatic heterocycles. The Morgan fingerprint density at radius 2 is 2.05 bits per heavy atom. The zero-order chi connectivity index (χ0) is 16.8. The number of hydrogen-bond donors (Lipinski definition) is 1. The molecule has 0 spiro atoms. The molecule has 8 heteroatoms. The summed E-state index contributed by atoms with van der Waals surface area (Å²) < 4.78 is 9.66. The molecule has 1 aromatic heterocycles. The predicted molar refractivity (Wildman–Crippen MR) is 84.0 cm³/mol. The normalized spacial score (nSPS) is 11.1. The minimum absolute atomic E-state index is 0.195. The van der Waals surface area contributed by atoms with Crippen molar-refractivity contribution in [1.82, 2.24) is 15.2 Å². The van der Waals surface area contributed by atoms with Crippen molar-refractivity contribution in [2.75, 3.05) is 27.4 Å². The van der Waals surface area contributed by atoms with Crippen molar-refractivity contribution in [2.45, 2.75) is 32.9 Å². The van der Waals surface area contributed by atoms with Gasteiger partial charge in [-0.05, 0) is 20.8 Å². The van der Waals surface area contributed by atoms with Gasteiger partial charge in [0, 0.05) is 24.6 Å². The number of nitrogens with zero attached hydrogens (tertiary/aromatic N) is 2. The van der Waals surface area contributed by atoms with Gasteiger partial charge >= 0.3 is 12.0 Å². The van der Waals surface area contributed by atoms with E-state index in [0.717, 1.165) is 0 Å². The molecule has 0 fully saturated rings. The van der Waals surface area contributed by atoms with Crippen LogP contribution >= 0.6 is 11.3 Å². The van der Waals surface area contributed by atoms with Gasteiger partial charge in [0.1, 0.15) is 5.01 Å². The first-order valence-corrected chi connectivity index (χ1v) is 7.73. The Bertz CT molecular complexity index is 510. The molecule has 7 nitrogen and oxygen atoms in total. The molecule has 0 aliphatic rings. The van der Waals surface area contributed by atoms with E-state index in [2.05, 4.69) is 15.0 Å².